The Labute approximate surface area is 115 Å². The molecule has 1 aromatic heterocycles. The van der Waals surface area contributed by atoms with Crippen molar-refractivity contribution in [3.8, 4) is 0 Å². The molecule has 96 valence electrons. The highest BCUT2D eigenvalue weighted by atomic mass is 32.1. The Balaban J connectivity index is 1.96. The predicted molar refractivity (Wildman–Crippen MR) is 77.6 cm³/mol. The average Bonchev–Trinajstić information content (AvgIpc) is 2.99. The number of aromatic nitrogens is 2. The first-order chi connectivity index (χ1) is 9.38. The van der Waals surface area contributed by atoms with Gasteiger partial charge in [0, 0.05) is 0 Å². The zero-order valence-corrected chi connectivity index (χ0v) is 11.1. The van der Waals surface area contributed by atoms with Gasteiger partial charge in [-0.15, -0.1) is 0 Å². The Morgan fingerprint density at radius 2 is 2.00 bits per heavy atom. The molecule has 1 unspecified atom stereocenters. The Hall–Kier alpha value is -1.82. The molecule has 4 nitrogen and oxygen atoms in total. The Kier molecular flexibility index (Phi) is 3.50. The van der Waals surface area contributed by atoms with E-state index in [0.29, 0.717) is 0 Å². The van der Waals surface area contributed by atoms with Crippen LogP contribution in [0.5, 0.6) is 0 Å². The van der Waals surface area contributed by atoms with Crippen molar-refractivity contribution in [1.29, 1.82) is 0 Å². The second-order valence-electron chi connectivity index (χ2n) is 4.39. The maximum Gasteiger partial charge on any atom is 0.0929 e. The number of fused-ring (bicyclic) bond motifs is 1. The summed E-state index contributed by atoms with van der Waals surface area (Å²) >= 11 is 1.20. The lowest BCUT2D eigenvalue weighted by Gasteiger charge is -2.14. The number of benzene rings is 2. The number of nitrogens with one attached hydrogen (secondary N) is 1. The van der Waals surface area contributed by atoms with Crippen LogP contribution in [-0.2, 0) is 6.42 Å². The van der Waals surface area contributed by atoms with Crippen molar-refractivity contribution in [2.75, 3.05) is 0 Å². The van der Waals surface area contributed by atoms with Crippen LogP contribution in [-0.4, -0.2) is 8.75 Å². The summed E-state index contributed by atoms with van der Waals surface area (Å²) in [5.41, 5.74) is 4.97. The highest BCUT2D eigenvalue weighted by Crippen LogP contribution is 2.23. The van der Waals surface area contributed by atoms with E-state index in [1.54, 1.807) is 6.20 Å². The smallest absolute Gasteiger partial charge is 0.0929 e. The SMILES string of the molecule is NNC(Cc1cccc2ccccc12)c1cnsn1. The highest BCUT2D eigenvalue weighted by Gasteiger charge is 2.14. The fraction of sp³-hybridized carbons (Fsp3) is 0.143. The summed E-state index contributed by atoms with van der Waals surface area (Å²) in [5, 5.41) is 2.50. The minimum atomic E-state index is -0.00967. The van der Waals surface area contributed by atoms with Gasteiger partial charge in [-0.3, -0.25) is 11.3 Å². The van der Waals surface area contributed by atoms with Crippen molar-refractivity contribution in [3.63, 3.8) is 0 Å². The third kappa shape index (κ3) is 2.49. The fourth-order valence-electron chi connectivity index (χ4n) is 2.26. The summed E-state index contributed by atoms with van der Waals surface area (Å²) in [7, 11) is 0. The van der Waals surface area contributed by atoms with Crippen LogP contribution in [0.25, 0.3) is 10.8 Å². The van der Waals surface area contributed by atoms with E-state index in [0.717, 1.165) is 12.1 Å². The molecule has 0 radical (unpaired) electrons. The summed E-state index contributed by atoms with van der Waals surface area (Å²) in [6.07, 6.45) is 2.56. The maximum atomic E-state index is 5.64. The van der Waals surface area contributed by atoms with Crippen LogP contribution in [0.4, 0.5) is 0 Å². The molecular formula is C14H14N4S. The van der Waals surface area contributed by atoms with Gasteiger partial charge in [0.1, 0.15) is 0 Å². The summed E-state index contributed by atoms with van der Waals surface area (Å²) < 4.78 is 8.28. The average molecular weight is 270 g/mol. The van der Waals surface area contributed by atoms with E-state index in [1.165, 1.54) is 28.1 Å². The van der Waals surface area contributed by atoms with Gasteiger partial charge in [0.2, 0.25) is 0 Å². The number of hydrogen-bond acceptors (Lipinski definition) is 5. The lowest BCUT2D eigenvalue weighted by Crippen LogP contribution is -2.29. The zero-order valence-electron chi connectivity index (χ0n) is 10.3. The first-order valence-electron chi connectivity index (χ1n) is 6.08. The van der Waals surface area contributed by atoms with Crippen molar-refractivity contribution in [1.82, 2.24) is 14.2 Å². The monoisotopic (exact) mass is 270 g/mol. The van der Waals surface area contributed by atoms with Crippen molar-refractivity contribution in [2.45, 2.75) is 12.5 Å². The standard InChI is InChI=1S/C14H14N4S/c15-17-13(14-9-16-19-18-14)8-11-6-3-5-10-4-1-2-7-12(10)11/h1-7,9,13,17H,8,15H2. The van der Waals surface area contributed by atoms with Gasteiger partial charge < -0.3 is 0 Å². The van der Waals surface area contributed by atoms with Gasteiger partial charge in [-0.25, -0.2) is 0 Å². The molecule has 0 bridgehead atoms. The minimum absolute atomic E-state index is 0.00967. The van der Waals surface area contributed by atoms with Crippen molar-refractivity contribution < 1.29 is 0 Å². The van der Waals surface area contributed by atoms with Crippen LogP contribution >= 0.6 is 11.7 Å². The molecular weight excluding hydrogens is 256 g/mol. The van der Waals surface area contributed by atoms with Crippen LogP contribution in [0, 0.1) is 0 Å². The van der Waals surface area contributed by atoms with E-state index in [-0.39, 0.29) is 6.04 Å². The van der Waals surface area contributed by atoms with Crippen molar-refractivity contribution >= 4 is 22.5 Å². The molecule has 1 heterocycles. The lowest BCUT2D eigenvalue weighted by molar-refractivity contribution is 0.543. The molecule has 3 N–H and O–H groups in total. The second kappa shape index (κ2) is 5.44. The van der Waals surface area contributed by atoms with E-state index in [1.807, 2.05) is 0 Å². The summed E-state index contributed by atoms with van der Waals surface area (Å²) in [6.45, 7) is 0. The Morgan fingerprint density at radius 1 is 1.16 bits per heavy atom. The first kappa shape index (κ1) is 12.2. The second-order valence-corrected chi connectivity index (χ2v) is 4.95. The Morgan fingerprint density at radius 3 is 2.79 bits per heavy atom. The largest absolute Gasteiger partial charge is 0.271 e. The summed E-state index contributed by atoms with van der Waals surface area (Å²) in [4.78, 5) is 0. The lowest BCUT2D eigenvalue weighted by atomic mass is 9.98. The van der Waals surface area contributed by atoms with Crippen LogP contribution in [0.2, 0.25) is 0 Å². The molecule has 5 heteroatoms. The molecule has 2 aromatic carbocycles. The van der Waals surface area contributed by atoms with Crippen LogP contribution in [0.3, 0.4) is 0 Å². The topological polar surface area (TPSA) is 63.8 Å². The van der Waals surface area contributed by atoms with Gasteiger partial charge in [-0.2, -0.15) is 8.75 Å². The van der Waals surface area contributed by atoms with Gasteiger partial charge in [0.05, 0.1) is 29.7 Å². The number of hydrogen-bond donors (Lipinski definition) is 2. The normalized spacial score (nSPS) is 12.7. The minimum Gasteiger partial charge on any atom is -0.271 e. The van der Waals surface area contributed by atoms with Crippen LogP contribution in [0.1, 0.15) is 17.3 Å². The summed E-state index contributed by atoms with van der Waals surface area (Å²) in [5.74, 6) is 5.64. The van der Waals surface area contributed by atoms with Crippen LogP contribution in [0.15, 0.2) is 48.7 Å². The maximum absolute atomic E-state index is 5.64. The first-order valence-corrected chi connectivity index (χ1v) is 6.82. The van der Waals surface area contributed by atoms with Gasteiger partial charge in [-0.1, -0.05) is 42.5 Å². The molecule has 0 fully saturated rings. The van der Waals surface area contributed by atoms with E-state index in [9.17, 15) is 0 Å². The molecule has 0 aliphatic rings. The third-order valence-electron chi connectivity index (χ3n) is 3.24. The molecule has 0 spiro atoms. The molecule has 0 aliphatic carbocycles. The zero-order chi connectivity index (χ0) is 13.1. The van der Waals surface area contributed by atoms with Gasteiger partial charge in [0.15, 0.2) is 0 Å². The van der Waals surface area contributed by atoms with Gasteiger partial charge >= 0.3 is 0 Å². The van der Waals surface area contributed by atoms with E-state index in [4.69, 9.17) is 5.84 Å². The molecule has 0 aliphatic heterocycles. The number of nitrogens with zero attached hydrogens (tertiary/aromatic N) is 2. The van der Waals surface area contributed by atoms with Crippen molar-refractivity contribution in [3.05, 3.63) is 59.9 Å². The molecule has 0 amide bonds. The molecule has 19 heavy (non-hydrogen) atoms. The number of hydrazine groups is 1. The highest BCUT2D eigenvalue weighted by molar-refractivity contribution is 6.99. The fourth-order valence-corrected chi connectivity index (χ4v) is 2.74. The molecule has 3 aromatic rings. The Bertz CT molecular complexity index is 661. The number of nitrogens with two attached hydrogens (primary N) is 1. The van der Waals surface area contributed by atoms with E-state index >= 15 is 0 Å². The molecule has 0 saturated heterocycles. The van der Waals surface area contributed by atoms with Crippen molar-refractivity contribution in [2.24, 2.45) is 5.84 Å². The van der Waals surface area contributed by atoms with Gasteiger partial charge in [0.25, 0.3) is 0 Å². The molecule has 3 rings (SSSR count). The summed E-state index contributed by atoms with van der Waals surface area (Å²) in [6, 6.07) is 14.7. The van der Waals surface area contributed by atoms with Gasteiger partial charge in [-0.05, 0) is 22.8 Å². The van der Waals surface area contributed by atoms with E-state index in [2.05, 4.69) is 56.6 Å². The quantitative estimate of drug-likeness (QED) is 0.564. The third-order valence-corrected chi connectivity index (χ3v) is 3.73. The molecule has 1 atom stereocenters. The molecule has 0 saturated carbocycles. The predicted octanol–water partition coefficient (Wildman–Crippen LogP) is 2.44. The van der Waals surface area contributed by atoms with Crippen LogP contribution < -0.4 is 11.3 Å². The number of rotatable bonds is 4. The van der Waals surface area contributed by atoms with E-state index < -0.39 is 0 Å².